The van der Waals surface area contributed by atoms with E-state index in [9.17, 15) is 0 Å². The Balaban J connectivity index is 1.66. The van der Waals surface area contributed by atoms with Gasteiger partial charge in [-0.05, 0) is 37.9 Å². The Hall–Kier alpha value is -0.0600. The van der Waals surface area contributed by atoms with Gasteiger partial charge in [0.1, 0.15) is 5.01 Å². The molecule has 18 heavy (non-hydrogen) atoms. The maximum absolute atomic E-state index is 4.93. The standard InChI is InChI=1S/C14H22N2S2/c1-2-17-9-13-16-14-10(8-15-11-6-7-11)4-3-5-12(14)18-13/h10-11,15H,2-9H2,1H3. The number of rotatable bonds is 6. The van der Waals surface area contributed by atoms with E-state index in [1.165, 1.54) is 48.6 Å². The van der Waals surface area contributed by atoms with E-state index in [0.717, 1.165) is 18.3 Å². The third-order valence-electron chi connectivity index (χ3n) is 3.77. The summed E-state index contributed by atoms with van der Waals surface area (Å²) in [6.07, 6.45) is 6.72. The first-order valence-corrected chi connectivity index (χ1v) is 9.13. The Morgan fingerprint density at radius 3 is 3.06 bits per heavy atom. The lowest BCUT2D eigenvalue weighted by atomic mass is 9.91. The summed E-state index contributed by atoms with van der Waals surface area (Å²) in [7, 11) is 0. The van der Waals surface area contributed by atoms with E-state index in [-0.39, 0.29) is 0 Å². The molecule has 1 saturated carbocycles. The molecule has 1 unspecified atom stereocenters. The number of nitrogens with zero attached hydrogens (tertiary/aromatic N) is 1. The Bertz CT molecular complexity index is 398. The molecule has 1 atom stereocenters. The van der Waals surface area contributed by atoms with Crippen molar-refractivity contribution in [1.82, 2.24) is 10.3 Å². The first kappa shape index (κ1) is 12.9. The summed E-state index contributed by atoms with van der Waals surface area (Å²) < 4.78 is 0. The molecule has 1 N–H and O–H groups in total. The quantitative estimate of drug-likeness (QED) is 0.863. The van der Waals surface area contributed by atoms with Crippen LogP contribution in [0.2, 0.25) is 0 Å². The van der Waals surface area contributed by atoms with Crippen LogP contribution in [0.3, 0.4) is 0 Å². The number of thioether (sulfide) groups is 1. The lowest BCUT2D eigenvalue weighted by molar-refractivity contribution is 0.500. The fourth-order valence-electron chi connectivity index (χ4n) is 2.60. The van der Waals surface area contributed by atoms with Gasteiger partial charge in [0.15, 0.2) is 0 Å². The minimum absolute atomic E-state index is 0.686. The van der Waals surface area contributed by atoms with Crippen LogP contribution in [0.15, 0.2) is 0 Å². The molecule has 4 heteroatoms. The molecule has 0 aromatic carbocycles. The van der Waals surface area contributed by atoms with Crippen LogP contribution in [-0.2, 0) is 12.2 Å². The SMILES string of the molecule is CCSCc1nc2c(s1)CCCC2CNC1CC1. The summed E-state index contributed by atoms with van der Waals surface area (Å²) in [5.41, 5.74) is 1.44. The number of nitrogens with one attached hydrogen (secondary N) is 1. The van der Waals surface area contributed by atoms with E-state index in [0.29, 0.717) is 5.92 Å². The van der Waals surface area contributed by atoms with Crippen molar-refractivity contribution in [3.05, 3.63) is 15.6 Å². The van der Waals surface area contributed by atoms with Crippen molar-refractivity contribution in [3.63, 3.8) is 0 Å². The minimum Gasteiger partial charge on any atom is -0.313 e. The Morgan fingerprint density at radius 1 is 1.39 bits per heavy atom. The summed E-state index contributed by atoms with van der Waals surface area (Å²) >= 11 is 3.96. The summed E-state index contributed by atoms with van der Waals surface area (Å²) in [6.45, 7) is 3.38. The molecular formula is C14H22N2S2. The molecule has 1 aromatic rings. The van der Waals surface area contributed by atoms with Gasteiger partial charge < -0.3 is 5.32 Å². The predicted molar refractivity (Wildman–Crippen MR) is 80.7 cm³/mol. The molecule has 2 aliphatic rings. The van der Waals surface area contributed by atoms with Gasteiger partial charge in [-0.2, -0.15) is 11.8 Å². The largest absolute Gasteiger partial charge is 0.313 e. The van der Waals surface area contributed by atoms with Crippen molar-refractivity contribution >= 4 is 23.1 Å². The zero-order chi connectivity index (χ0) is 12.4. The maximum atomic E-state index is 4.93. The number of aromatic nitrogens is 1. The molecule has 2 nitrogen and oxygen atoms in total. The average molecular weight is 282 g/mol. The monoisotopic (exact) mass is 282 g/mol. The van der Waals surface area contributed by atoms with Gasteiger partial charge in [-0.1, -0.05) is 6.92 Å². The molecular weight excluding hydrogens is 260 g/mol. The third kappa shape index (κ3) is 3.09. The van der Waals surface area contributed by atoms with Gasteiger partial charge in [-0.3, -0.25) is 0 Å². The number of hydrogen-bond donors (Lipinski definition) is 1. The molecule has 3 rings (SSSR count). The Kier molecular flexibility index (Phi) is 4.27. The predicted octanol–water partition coefficient (Wildman–Crippen LogP) is 3.57. The van der Waals surface area contributed by atoms with Crippen LogP contribution in [-0.4, -0.2) is 23.3 Å². The van der Waals surface area contributed by atoms with E-state index in [1.54, 1.807) is 4.88 Å². The highest BCUT2D eigenvalue weighted by atomic mass is 32.2. The van der Waals surface area contributed by atoms with Crippen LogP contribution in [0.4, 0.5) is 0 Å². The highest BCUT2D eigenvalue weighted by Crippen LogP contribution is 2.36. The minimum atomic E-state index is 0.686. The average Bonchev–Trinajstić information content (AvgIpc) is 3.11. The van der Waals surface area contributed by atoms with Crippen molar-refractivity contribution in [3.8, 4) is 0 Å². The van der Waals surface area contributed by atoms with Gasteiger partial charge >= 0.3 is 0 Å². The molecule has 1 aromatic heterocycles. The zero-order valence-corrected chi connectivity index (χ0v) is 12.7. The first-order chi connectivity index (χ1) is 8.86. The van der Waals surface area contributed by atoms with E-state index in [2.05, 4.69) is 12.2 Å². The second-order valence-corrected chi connectivity index (χ2v) is 7.77. The molecule has 0 aliphatic heterocycles. The summed E-state index contributed by atoms with van der Waals surface area (Å²) in [6, 6.07) is 0.823. The molecule has 1 fully saturated rings. The van der Waals surface area contributed by atoms with Gasteiger partial charge in [0.05, 0.1) is 5.69 Å². The fraction of sp³-hybridized carbons (Fsp3) is 0.786. The molecule has 1 heterocycles. The Morgan fingerprint density at radius 2 is 2.28 bits per heavy atom. The lowest BCUT2D eigenvalue weighted by Crippen LogP contribution is -2.25. The molecule has 0 amide bonds. The lowest BCUT2D eigenvalue weighted by Gasteiger charge is -2.21. The summed E-state index contributed by atoms with van der Waals surface area (Å²) in [5, 5.41) is 5.03. The van der Waals surface area contributed by atoms with E-state index < -0.39 is 0 Å². The number of fused-ring (bicyclic) bond motifs is 1. The maximum Gasteiger partial charge on any atom is 0.103 e. The number of thiazole rings is 1. The van der Waals surface area contributed by atoms with E-state index in [4.69, 9.17) is 4.98 Å². The van der Waals surface area contributed by atoms with Gasteiger partial charge in [-0.25, -0.2) is 4.98 Å². The van der Waals surface area contributed by atoms with Crippen molar-refractivity contribution in [2.75, 3.05) is 12.3 Å². The van der Waals surface area contributed by atoms with Crippen molar-refractivity contribution in [1.29, 1.82) is 0 Å². The molecule has 0 radical (unpaired) electrons. The molecule has 0 bridgehead atoms. The van der Waals surface area contributed by atoms with Gasteiger partial charge in [0.25, 0.3) is 0 Å². The normalized spacial score (nSPS) is 23.1. The van der Waals surface area contributed by atoms with Crippen LogP contribution in [0.1, 0.15) is 54.1 Å². The van der Waals surface area contributed by atoms with Crippen LogP contribution < -0.4 is 5.32 Å². The molecule has 0 saturated heterocycles. The van der Waals surface area contributed by atoms with Crippen molar-refractivity contribution in [2.45, 2.75) is 56.7 Å². The van der Waals surface area contributed by atoms with Gasteiger partial charge in [0.2, 0.25) is 0 Å². The fourth-order valence-corrected chi connectivity index (χ4v) is 4.52. The van der Waals surface area contributed by atoms with Crippen LogP contribution in [0.25, 0.3) is 0 Å². The van der Waals surface area contributed by atoms with E-state index >= 15 is 0 Å². The smallest absolute Gasteiger partial charge is 0.103 e. The zero-order valence-electron chi connectivity index (χ0n) is 11.1. The van der Waals surface area contributed by atoms with Crippen molar-refractivity contribution in [2.24, 2.45) is 0 Å². The topological polar surface area (TPSA) is 24.9 Å². The van der Waals surface area contributed by atoms with Gasteiger partial charge in [0, 0.05) is 29.1 Å². The molecule has 100 valence electrons. The molecule has 0 spiro atoms. The number of aryl methyl sites for hydroxylation is 1. The van der Waals surface area contributed by atoms with Crippen molar-refractivity contribution < 1.29 is 0 Å². The summed E-state index contributed by atoms with van der Waals surface area (Å²) in [4.78, 5) is 6.50. The second-order valence-electron chi connectivity index (χ2n) is 5.32. The second kappa shape index (κ2) is 5.93. The third-order valence-corrected chi connectivity index (χ3v) is 5.97. The first-order valence-electron chi connectivity index (χ1n) is 7.16. The van der Waals surface area contributed by atoms with Crippen LogP contribution in [0, 0.1) is 0 Å². The Labute approximate surface area is 118 Å². The summed E-state index contributed by atoms with van der Waals surface area (Å²) in [5.74, 6) is 2.99. The highest BCUT2D eigenvalue weighted by molar-refractivity contribution is 7.98. The number of hydrogen-bond acceptors (Lipinski definition) is 4. The van der Waals surface area contributed by atoms with E-state index in [1.807, 2.05) is 23.1 Å². The van der Waals surface area contributed by atoms with Crippen LogP contribution in [0.5, 0.6) is 0 Å². The highest BCUT2D eigenvalue weighted by Gasteiger charge is 2.27. The molecule has 2 aliphatic carbocycles. The van der Waals surface area contributed by atoms with Gasteiger partial charge in [-0.15, -0.1) is 11.3 Å². The van der Waals surface area contributed by atoms with Crippen LogP contribution >= 0.6 is 23.1 Å².